The van der Waals surface area contributed by atoms with Gasteiger partial charge in [0.2, 0.25) is 0 Å². The van der Waals surface area contributed by atoms with Crippen LogP contribution in [-0.2, 0) is 9.47 Å². The number of ether oxygens (including phenoxy) is 2. The van der Waals surface area contributed by atoms with Gasteiger partial charge in [-0.05, 0) is 32.4 Å². The Balaban J connectivity index is 2.41. The topological polar surface area (TPSA) is 123 Å². The minimum absolute atomic E-state index is 0.121. The van der Waals surface area contributed by atoms with Crippen molar-refractivity contribution in [1.82, 2.24) is 16.0 Å². The second kappa shape index (κ2) is 13.1. The number of hydrogen-bond acceptors (Lipinski definition) is 6. The van der Waals surface area contributed by atoms with Gasteiger partial charge in [0.15, 0.2) is 5.78 Å². The molecule has 9 nitrogen and oxygen atoms in total. The molecule has 0 spiro atoms. The highest BCUT2D eigenvalue weighted by Gasteiger charge is 2.11. The van der Waals surface area contributed by atoms with Crippen LogP contribution in [-0.4, -0.2) is 56.7 Å². The first-order valence-corrected chi connectivity index (χ1v) is 9.20. The van der Waals surface area contributed by atoms with Crippen LogP contribution in [0, 0.1) is 0 Å². The summed E-state index contributed by atoms with van der Waals surface area (Å²) in [6, 6.07) is 6.40. The van der Waals surface area contributed by atoms with Gasteiger partial charge < -0.3 is 25.4 Å². The van der Waals surface area contributed by atoms with E-state index in [0.29, 0.717) is 30.7 Å². The predicted octanol–water partition coefficient (Wildman–Crippen LogP) is 1.87. The molecule has 0 bridgehead atoms. The average Bonchev–Trinajstić information content (AvgIpc) is 2.68. The van der Waals surface area contributed by atoms with Gasteiger partial charge >= 0.3 is 12.2 Å². The molecule has 0 atom stereocenters. The Hall–Kier alpha value is -3.10. The van der Waals surface area contributed by atoms with Crippen molar-refractivity contribution in [2.45, 2.75) is 26.7 Å². The lowest BCUT2D eigenvalue weighted by Crippen LogP contribution is -2.35. The molecule has 9 heteroatoms. The summed E-state index contributed by atoms with van der Waals surface area (Å²) in [4.78, 5) is 46.7. The Morgan fingerprint density at radius 2 is 1.39 bits per heavy atom. The fourth-order valence-corrected chi connectivity index (χ4v) is 2.22. The standard InChI is InChI=1S/C19H27N3O6/c1-3-27-18(25)21-10-6-9-16(23)14-7-5-8-15(13-14)17(24)20-11-12-22-19(26)28-4-2/h5,7-8,13H,3-4,6,9-12H2,1-2H3,(H,20,24)(H,21,25)(H,22,26). The molecule has 1 aromatic rings. The number of benzene rings is 1. The number of rotatable bonds is 11. The number of hydrogen-bond donors (Lipinski definition) is 3. The van der Waals surface area contributed by atoms with Crippen molar-refractivity contribution in [3.05, 3.63) is 35.4 Å². The summed E-state index contributed by atoms with van der Waals surface area (Å²) in [5.74, 6) is -0.464. The molecule has 0 unspecified atom stereocenters. The van der Waals surface area contributed by atoms with Crippen molar-refractivity contribution < 1.29 is 28.7 Å². The quantitative estimate of drug-likeness (QED) is 0.390. The highest BCUT2D eigenvalue weighted by molar-refractivity contribution is 6.00. The van der Waals surface area contributed by atoms with Crippen LogP contribution < -0.4 is 16.0 Å². The van der Waals surface area contributed by atoms with Gasteiger partial charge in [0.05, 0.1) is 13.2 Å². The van der Waals surface area contributed by atoms with E-state index in [1.807, 2.05) is 0 Å². The summed E-state index contributed by atoms with van der Waals surface area (Å²) >= 11 is 0. The molecule has 0 aliphatic carbocycles. The van der Waals surface area contributed by atoms with Gasteiger partial charge in [0.1, 0.15) is 0 Å². The zero-order valence-corrected chi connectivity index (χ0v) is 16.2. The summed E-state index contributed by atoms with van der Waals surface area (Å²) in [5.41, 5.74) is 0.778. The van der Waals surface area contributed by atoms with E-state index in [-0.39, 0.29) is 37.8 Å². The van der Waals surface area contributed by atoms with Crippen molar-refractivity contribution in [3.63, 3.8) is 0 Å². The van der Waals surface area contributed by atoms with E-state index in [0.717, 1.165) is 0 Å². The number of carbonyl (C=O) groups excluding carboxylic acids is 4. The summed E-state index contributed by atoms with van der Waals surface area (Å²) in [6.45, 7) is 4.77. The van der Waals surface area contributed by atoms with Crippen molar-refractivity contribution >= 4 is 23.9 Å². The molecule has 1 aromatic carbocycles. The van der Waals surface area contributed by atoms with Gasteiger partial charge in [0.25, 0.3) is 5.91 Å². The highest BCUT2D eigenvalue weighted by atomic mass is 16.6. The summed E-state index contributed by atoms with van der Waals surface area (Å²) in [5, 5.41) is 7.70. The molecule has 3 N–H and O–H groups in total. The fourth-order valence-electron chi connectivity index (χ4n) is 2.22. The SMILES string of the molecule is CCOC(=O)NCCCC(=O)c1cccc(C(=O)NCCNC(=O)OCC)c1. The van der Waals surface area contributed by atoms with Gasteiger partial charge in [-0.2, -0.15) is 0 Å². The maximum atomic E-state index is 12.2. The molecule has 0 aliphatic heterocycles. The van der Waals surface area contributed by atoms with E-state index in [2.05, 4.69) is 16.0 Å². The first-order chi connectivity index (χ1) is 13.5. The van der Waals surface area contributed by atoms with Crippen molar-refractivity contribution in [2.24, 2.45) is 0 Å². The molecule has 0 aromatic heterocycles. The Morgan fingerprint density at radius 3 is 2.04 bits per heavy atom. The van der Waals surface area contributed by atoms with Crippen LogP contribution in [0.1, 0.15) is 47.4 Å². The molecular formula is C19H27N3O6. The molecule has 0 aliphatic rings. The van der Waals surface area contributed by atoms with Crippen LogP contribution in [0.5, 0.6) is 0 Å². The second-order valence-electron chi connectivity index (χ2n) is 5.66. The van der Waals surface area contributed by atoms with E-state index in [1.165, 1.54) is 6.07 Å². The molecule has 0 saturated carbocycles. The van der Waals surface area contributed by atoms with E-state index < -0.39 is 12.2 Å². The summed E-state index contributed by atoms with van der Waals surface area (Å²) < 4.78 is 9.44. The number of ketones is 1. The molecule has 28 heavy (non-hydrogen) atoms. The van der Waals surface area contributed by atoms with Crippen molar-refractivity contribution in [2.75, 3.05) is 32.8 Å². The molecular weight excluding hydrogens is 366 g/mol. The maximum Gasteiger partial charge on any atom is 0.407 e. The van der Waals surface area contributed by atoms with Gasteiger partial charge in [-0.3, -0.25) is 9.59 Å². The van der Waals surface area contributed by atoms with Crippen LogP contribution in [0.4, 0.5) is 9.59 Å². The lowest BCUT2D eigenvalue weighted by atomic mass is 10.0. The van der Waals surface area contributed by atoms with Crippen LogP contribution in [0.2, 0.25) is 0 Å². The van der Waals surface area contributed by atoms with Gasteiger partial charge in [-0.15, -0.1) is 0 Å². The average molecular weight is 393 g/mol. The largest absolute Gasteiger partial charge is 0.450 e. The first kappa shape index (κ1) is 22.9. The molecule has 0 heterocycles. The number of carbonyl (C=O) groups is 4. The van der Waals surface area contributed by atoms with E-state index in [4.69, 9.17) is 9.47 Å². The Bertz CT molecular complexity index is 624. The zero-order valence-electron chi connectivity index (χ0n) is 16.2. The van der Waals surface area contributed by atoms with Gasteiger partial charge in [0, 0.05) is 37.2 Å². The smallest absolute Gasteiger partial charge is 0.407 e. The predicted molar refractivity (Wildman–Crippen MR) is 102 cm³/mol. The first-order valence-electron chi connectivity index (χ1n) is 9.20. The number of amides is 3. The van der Waals surface area contributed by atoms with Crippen molar-refractivity contribution in [3.8, 4) is 0 Å². The second-order valence-corrected chi connectivity index (χ2v) is 5.66. The molecule has 3 amide bonds. The van der Waals surface area contributed by atoms with E-state index >= 15 is 0 Å². The number of alkyl carbamates (subject to hydrolysis) is 2. The minimum Gasteiger partial charge on any atom is -0.450 e. The Kier molecular flexibility index (Phi) is 10.8. The summed E-state index contributed by atoms with van der Waals surface area (Å²) in [6.07, 6.45) is -0.345. The molecule has 0 fully saturated rings. The van der Waals surface area contributed by atoms with Gasteiger partial charge in [-0.1, -0.05) is 12.1 Å². The monoisotopic (exact) mass is 393 g/mol. The third kappa shape index (κ3) is 9.02. The highest BCUT2D eigenvalue weighted by Crippen LogP contribution is 2.09. The Labute approximate surface area is 164 Å². The van der Waals surface area contributed by atoms with Crippen molar-refractivity contribution in [1.29, 1.82) is 0 Å². The van der Waals surface area contributed by atoms with Crippen LogP contribution in [0.15, 0.2) is 24.3 Å². The van der Waals surface area contributed by atoms with E-state index in [1.54, 1.807) is 32.0 Å². The third-order valence-electron chi connectivity index (χ3n) is 3.53. The van der Waals surface area contributed by atoms with Gasteiger partial charge in [-0.25, -0.2) is 9.59 Å². The van der Waals surface area contributed by atoms with Crippen LogP contribution >= 0.6 is 0 Å². The Morgan fingerprint density at radius 1 is 0.821 bits per heavy atom. The zero-order chi connectivity index (χ0) is 20.8. The summed E-state index contributed by atoms with van der Waals surface area (Å²) in [7, 11) is 0. The third-order valence-corrected chi connectivity index (χ3v) is 3.53. The lowest BCUT2D eigenvalue weighted by Gasteiger charge is -2.08. The number of nitrogens with one attached hydrogen (secondary N) is 3. The molecule has 0 radical (unpaired) electrons. The van der Waals surface area contributed by atoms with E-state index in [9.17, 15) is 19.2 Å². The van der Waals surface area contributed by atoms with Crippen LogP contribution in [0.3, 0.4) is 0 Å². The van der Waals surface area contributed by atoms with Crippen LogP contribution in [0.25, 0.3) is 0 Å². The molecule has 154 valence electrons. The number of Topliss-reactive ketones (excluding diaryl/α,β-unsaturated/α-hetero) is 1. The maximum absolute atomic E-state index is 12.2. The minimum atomic E-state index is -0.540. The molecule has 0 saturated heterocycles. The normalized spacial score (nSPS) is 9.93. The molecule has 1 rings (SSSR count). The fraction of sp³-hybridized carbons (Fsp3) is 0.474. The lowest BCUT2D eigenvalue weighted by molar-refractivity contribution is 0.0952.